The summed E-state index contributed by atoms with van der Waals surface area (Å²) in [6, 6.07) is 22.6. The fourth-order valence-electron chi connectivity index (χ4n) is 4.46. The van der Waals surface area contributed by atoms with Crippen molar-refractivity contribution in [2.45, 2.75) is 5.60 Å². The zero-order chi connectivity index (χ0) is 24.0. The van der Waals surface area contributed by atoms with E-state index < -0.39 is 5.60 Å². The summed E-state index contributed by atoms with van der Waals surface area (Å²) in [6.07, 6.45) is 3.36. The van der Waals surface area contributed by atoms with Gasteiger partial charge in [0.2, 0.25) is 0 Å². The second kappa shape index (κ2) is 8.69. The molecule has 0 aliphatic rings. The van der Waals surface area contributed by atoms with Gasteiger partial charge in [0.25, 0.3) is 5.56 Å². The van der Waals surface area contributed by atoms with Crippen LogP contribution in [0.3, 0.4) is 0 Å². The van der Waals surface area contributed by atoms with E-state index in [0.717, 1.165) is 31.2 Å². The van der Waals surface area contributed by atoms with Gasteiger partial charge >= 0.3 is 0 Å². The molecule has 3 aromatic carbocycles. The molecule has 0 radical (unpaired) electrons. The van der Waals surface area contributed by atoms with E-state index in [1.807, 2.05) is 72.3 Å². The van der Waals surface area contributed by atoms with Crippen LogP contribution in [0.25, 0.3) is 22.0 Å². The summed E-state index contributed by atoms with van der Waals surface area (Å²) in [5.41, 5.74) is 2.84. The summed E-state index contributed by atoms with van der Waals surface area (Å²) in [7, 11) is 3.61. The number of aliphatic hydroxyl groups is 1. The van der Waals surface area contributed by atoms with E-state index in [2.05, 4.69) is 27.6 Å². The lowest BCUT2D eigenvalue weighted by atomic mass is 9.82. The van der Waals surface area contributed by atoms with Crippen LogP contribution in [-0.2, 0) is 19.7 Å². The van der Waals surface area contributed by atoms with Gasteiger partial charge in [-0.2, -0.15) is 0 Å². The van der Waals surface area contributed by atoms with Crippen molar-refractivity contribution in [3.05, 3.63) is 121 Å². The van der Waals surface area contributed by atoms with Crippen LogP contribution in [0, 0.1) is 3.57 Å². The maximum atomic E-state index is 12.8. The molecule has 5 nitrogen and oxygen atoms in total. The Morgan fingerprint density at radius 1 is 0.971 bits per heavy atom. The predicted octanol–water partition coefficient (Wildman–Crippen LogP) is 5.48. The maximum absolute atomic E-state index is 12.8. The van der Waals surface area contributed by atoms with Gasteiger partial charge in [0.05, 0.1) is 23.7 Å². The van der Waals surface area contributed by atoms with Gasteiger partial charge < -0.3 is 14.2 Å². The molecule has 5 rings (SSSR count). The Bertz CT molecular complexity index is 1610. The second-order valence-electron chi connectivity index (χ2n) is 8.31. The van der Waals surface area contributed by atoms with Crippen LogP contribution in [0.4, 0.5) is 0 Å². The van der Waals surface area contributed by atoms with Gasteiger partial charge in [-0.15, -0.1) is 0 Å². The zero-order valence-electron chi connectivity index (χ0n) is 18.5. The average molecular weight is 582 g/mol. The molecule has 2 heterocycles. The summed E-state index contributed by atoms with van der Waals surface area (Å²) in [4.78, 5) is 17.0. The summed E-state index contributed by atoms with van der Waals surface area (Å²) in [5.74, 6) is 0. The molecule has 1 N–H and O–H groups in total. The topological polar surface area (TPSA) is 60.0 Å². The first-order chi connectivity index (χ1) is 16.3. The quantitative estimate of drug-likeness (QED) is 0.286. The fourth-order valence-corrected chi connectivity index (χ4v) is 5.20. The van der Waals surface area contributed by atoms with Crippen molar-refractivity contribution in [2.75, 3.05) is 0 Å². The molecule has 1 atom stereocenters. The first-order valence-electron chi connectivity index (χ1n) is 10.6. The monoisotopic (exact) mass is 581 g/mol. The molecule has 7 heteroatoms. The Hall–Kier alpha value is -2.94. The van der Waals surface area contributed by atoms with E-state index >= 15 is 0 Å². The van der Waals surface area contributed by atoms with Crippen LogP contribution >= 0.6 is 34.2 Å². The zero-order valence-corrected chi connectivity index (χ0v) is 21.4. The number of hydrogen-bond donors (Lipinski definition) is 1. The molecule has 0 spiro atoms. The van der Waals surface area contributed by atoms with E-state index in [9.17, 15) is 9.90 Å². The van der Waals surface area contributed by atoms with Crippen molar-refractivity contribution in [2.24, 2.45) is 14.1 Å². The third-order valence-corrected chi connectivity index (χ3v) is 7.14. The van der Waals surface area contributed by atoms with Crippen LogP contribution < -0.4 is 5.56 Å². The number of pyridine rings is 1. The van der Waals surface area contributed by atoms with Gasteiger partial charge in [-0.3, -0.25) is 4.79 Å². The molecule has 1 unspecified atom stereocenters. The second-order valence-corrected chi connectivity index (χ2v) is 9.99. The van der Waals surface area contributed by atoms with Crippen LogP contribution in [0.5, 0.6) is 0 Å². The molecular weight excluding hydrogens is 561 g/mol. The molecule has 0 bridgehead atoms. The van der Waals surface area contributed by atoms with Crippen molar-refractivity contribution in [3.8, 4) is 11.1 Å². The Morgan fingerprint density at radius 2 is 1.74 bits per heavy atom. The highest BCUT2D eigenvalue weighted by Gasteiger charge is 2.37. The predicted molar refractivity (Wildman–Crippen MR) is 144 cm³/mol. The van der Waals surface area contributed by atoms with Crippen molar-refractivity contribution in [1.82, 2.24) is 14.1 Å². The highest BCUT2D eigenvalue weighted by atomic mass is 127. The largest absolute Gasteiger partial charge is 0.374 e. The molecule has 0 aliphatic heterocycles. The molecule has 0 saturated carbocycles. The number of aryl methyl sites for hydroxylation is 2. The number of halogens is 2. The smallest absolute Gasteiger partial charge is 0.251 e. The molecule has 34 heavy (non-hydrogen) atoms. The van der Waals surface area contributed by atoms with Crippen LogP contribution in [0.1, 0.15) is 16.8 Å². The minimum atomic E-state index is -1.46. The Labute approximate surface area is 215 Å². The summed E-state index contributed by atoms with van der Waals surface area (Å²) in [6.45, 7) is 0. The number of hydrogen-bond acceptors (Lipinski definition) is 3. The third kappa shape index (κ3) is 3.76. The molecule has 0 amide bonds. The third-order valence-electron chi connectivity index (χ3n) is 6.23. The van der Waals surface area contributed by atoms with Crippen molar-refractivity contribution >= 4 is 45.1 Å². The first-order valence-corrected chi connectivity index (χ1v) is 12.1. The van der Waals surface area contributed by atoms with Crippen LogP contribution in [-0.4, -0.2) is 19.2 Å². The maximum Gasteiger partial charge on any atom is 0.251 e. The minimum Gasteiger partial charge on any atom is -0.374 e. The van der Waals surface area contributed by atoms with Crippen LogP contribution in [0.15, 0.2) is 90.1 Å². The number of rotatable bonds is 4. The van der Waals surface area contributed by atoms with Gasteiger partial charge in [-0.1, -0.05) is 41.9 Å². The normalized spacial score (nSPS) is 13.2. The Morgan fingerprint density at radius 3 is 2.44 bits per heavy atom. The Kier molecular flexibility index (Phi) is 5.83. The van der Waals surface area contributed by atoms with E-state index in [1.54, 1.807) is 36.3 Å². The van der Waals surface area contributed by atoms with E-state index in [-0.39, 0.29) is 5.56 Å². The Balaban J connectivity index is 1.85. The average Bonchev–Trinajstić information content (AvgIpc) is 3.27. The molecule has 0 fully saturated rings. The van der Waals surface area contributed by atoms with Gasteiger partial charge in [0.15, 0.2) is 5.60 Å². The summed E-state index contributed by atoms with van der Waals surface area (Å²) in [5, 5.41) is 13.8. The lowest BCUT2D eigenvalue weighted by molar-refractivity contribution is 0.117. The molecule has 0 aliphatic carbocycles. The van der Waals surface area contributed by atoms with Crippen molar-refractivity contribution in [1.29, 1.82) is 0 Å². The summed E-state index contributed by atoms with van der Waals surface area (Å²) >= 11 is 8.51. The van der Waals surface area contributed by atoms with Crippen molar-refractivity contribution in [3.63, 3.8) is 0 Å². The number of benzene rings is 3. The molecule has 2 aromatic heterocycles. The minimum absolute atomic E-state index is 0.116. The molecular formula is C27H21ClIN3O2. The lowest BCUT2D eigenvalue weighted by Crippen LogP contribution is -2.31. The van der Waals surface area contributed by atoms with Gasteiger partial charge in [-0.05, 0) is 81.2 Å². The van der Waals surface area contributed by atoms with Gasteiger partial charge in [-0.25, -0.2) is 4.98 Å². The summed E-state index contributed by atoms with van der Waals surface area (Å²) < 4.78 is 4.45. The highest BCUT2D eigenvalue weighted by molar-refractivity contribution is 14.1. The van der Waals surface area contributed by atoms with E-state index in [0.29, 0.717) is 16.3 Å². The van der Waals surface area contributed by atoms with E-state index in [4.69, 9.17) is 11.6 Å². The lowest BCUT2D eigenvalue weighted by Gasteiger charge is -2.30. The molecule has 5 aromatic rings. The molecule has 0 saturated heterocycles. The first kappa shape index (κ1) is 22.8. The highest BCUT2D eigenvalue weighted by Crippen LogP contribution is 2.39. The van der Waals surface area contributed by atoms with Crippen LogP contribution in [0.2, 0.25) is 5.02 Å². The van der Waals surface area contributed by atoms with Gasteiger partial charge in [0.1, 0.15) is 0 Å². The van der Waals surface area contributed by atoms with E-state index in [1.165, 1.54) is 0 Å². The number of fused-ring (bicyclic) bond motifs is 1. The number of aromatic nitrogens is 3. The molecule has 170 valence electrons. The fraction of sp³-hybridized carbons (Fsp3) is 0.111. The standard InChI is InChI=1S/C27H21ClIN3O2/c1-31-16-30-15-25(31)27(34,18-6-4-8-21(29)12-18)19-9-10-24-23(13-19)22(14-26(33)32(24)2)17-5-3-7-20(28)11-17/h3-16,34H,1-2H3. The van der Waals surface area contributed by atoms with Crippen molar-refractivity contribution < 1.29 is 5.11 Å². The number of imidazole rings is 1. The SMILES string of the molecule is Cn1cncc1C(O)(c1cccc(I)c1)c1ccc2c(c1)c(-c1cccc(Cl)c1)cc(=O)n2C. The number of nitrogens with zero attached hydrogens (tertiary/aromatic N) is 3. The van der Waals surface area contributed by atoms with Gasteiger partial charge in [0, 0.05) is 34.1 Å².